The van der Waals surface area contributed by atoms with Gasteiger partial charge < -0.3 is 25.2 Å². The summed E-state index contributed by atoms with van der Waals surface area (Å²) in [7, 11) is 0. The number of benzene rings is 1. The SMILES string of the molecule is CCNC(=NCc1ccccc1OCC1CC1)NCC1(CCO)CCOC1. The van der Waals surface area contributed by atoms with Crippen LogP contribution in [0, 0.1) is 11.3 Å². The molecule has 0 aromatic heterocycles. The smallest absolute Gasteiger partial charge is 0.191 e. The Bertz CT molecular complexity index is 610. The Morgan fingerprint density at radius 3 is 2.89 bits per heavy atom. The molecule has 1 unspecified atom stereocenters. The van der Waals surface area contributed by atoms with Gasteiger partial charge in [-0.05, 0) is 44.6 Å². The van der Waals surface area contributed by atoms with Crippen LogP contribution in [0.15, 0.2) is 29.3 Å². The molecule has 6 nitrogen and oxygen atoms in total. The first-order valence-corrected chi connectivity index (χ1v) is 10.2. The van der Waals surface area contributed by atoms with Crippen molar-refractivity contribution in [3.63, 3.8) is 0 Å². The molecule has 150 valence electrons. The molecular weight excluding hydrogens is 342 g/mol. The first-order valence-electron chi connectivity index (χ1n) is 10.2. The second kappa shape index (κ2) is 9.95. The number of nitrogens with zero attached hydrogens (tertiary/aromatic N) is 1. The van der Waals surface area contributed by atoms with Crippen molar-refractivity contribution in [2.45, 2.75) is 39.2 Å². The zero-order valence-corrected chi connectivity index (χ0v) is 16.4. The van der Waals surface area contributed by atoms with E-state index >= 15 is 0 Å². The van der Waals surface area contributed by atoms with Crippen LogP contribution in [0.4, 0.5) is 0 Å². The second-order valence-corrected chi connectivity index (χ2v) is 7.69. The number of hydrogen-bond donors (Lipinski definition) is 3. The largest absolute Gasteiger partial charge is 0.493 e. The summed E-state index contributed by atoms with van der Waals surface area (Å²) in [5.74, 6) is 2.46. The van der Waals surface area contributed by atoms with Crippen LogP contribution in [-0.2, 0) is 11.3 Å². The van der Waals surface area contributed by atoms with Gasteiger partial charge in [-0.3, -0.25) is 0 Å². The molecular formula is C21H33N3O3. The fraction of sp³-hybridized carbons (Fsp3) is 0.667. The zero-order chi connectivity index (χ0) is 19.0. The van der Waals surface area contributed by atoms with Gasteiger partial charge in [0.1, 0.15) is 5.75 Å². The fourth-order valence-corrected chi connectivity index (χ4v) is 3.36. The number of rotatable bonds is 10. The third-order valence-corrected chi connectivity index (χ3v) is 5.35. The van der Waals surface area contributed by atoms with Crippen molar-refractivity contribution in [3.05, 3.63) is 29.8 Å². The van der Waals surface area contributed by atoms with Crippen LogP contribution in [0.5, 0.6) is 5.75 Å². The zero-order valence-electron chi connectivity index (χ0n) is 16.4. The molecule has 1 aromatic carbocycles. The summed E-state index contributed by atoms with van der Waals surface area (Å²) in [6, 6.07) is 8.14. The van der Waals surface area contributed by atoms with E-state index in [1.165, 1.54) is 12.8 Å². The number of guanidine groups is 1. The van der Waals surface area contributed by atoms with Crippen LogP contribution in [0.1, 0.15) is 38.2 Å². The van der Waals surface area contributed by atoms with Gasteiger partial charge >= 0.3 is 0 Å². The van der Waals surface area contributed by atoms with Crippen molar-refractivity contribution >= 4 is 5.96 Å². The Kier molecular flexibility index (Phi) is 7.35. The van der Waals surface area contributed by atoms with Crippen molar-refractivity contribution < 1.29 is 14.6 Å². The van der Waals surface area contributed by atoms with Crippen LogP contribution in [-0.4, -0.2) is 50.6 Å². The van der Waals surface area contributed by atoms with Crippen molar-refractivity contribution in [1.29, 1.82) is 0 Å². The molecule has 27 heavy (non-hydrogen) atoms. The summed E-state index contributed by atoms with van der Waals surface area (Å²) in [6.07, 6.45) is 4.29. The highest BCUT2D eigenvalue weighted by molar-refractivity contribution is 5.79. The van der Waals surface area contributed by atoms with Crippen molar-refractivity contribution in [3.8, 4) is 5.75 Å². The van der Waals surface area contributed by atoms with Gasteiger partial charge in [0.2, 0.25) is 0 Å². The molecule has 1 heterocycles. The number of ether oxygens (including phenoxy) is 2. The molecule has 0 spiro atoms. The first kappa shape index (κ1) is 20.0. The predicted octanol–water partition coefficient (Wildman–Crippen LogP) is 2.32. The number of hydrogen-bond acceptors (Lipinski definition) is 4. The molecule has 2 fully saturated rings. The molecule has 6 heteroatoms. The minimum Gasteiger partial charge on any atom is -0.493 e. The minimum absolute atomic E-state index is 0.00375. The predicted molar refractivity (Wildman–Crippen MR) is 107 cm³/mol. The average Bonchev–Trinajstić information content (AvgIpc) is 3.41. The van der Waals surface area contributed by atoms with Gasteiger partial charge in [-0.25, -0.2) is 4.99 Å². The van der Waals surface area contributed by atoms with E-state index in [1.807, 2.05) is 18.2 Å². The maximum Gasteiger partial charge on any atom is 0.191 e. The molecule has 0 bridgehead atoms. The van der Waals surface area contributed by atoms with Gasteiger partial charge in [0.15, 0.2) is 5.96 Å². The molecule has 3 rings (SSSR count). The highest BCUT2D eigenvalue weighted by atomic mass is 16.5. The maximum atomic E-state index is 9.39. The molecule has 1 aliphatic carbocycles. The summed E-state index contributed by atoms with van der Waals surface area (Å²) in [5, 5.41) is 16.1. The van der Waals surface area contributed by atoms with Gasteiger partial charge in [0.25, 0.3) is 0 Å². The third-order valence-electron chi connectivity index (χ3n) is 5.35. The van der Waals surface area contributed by atoms with Crippen molar-refractivity contribution in [1.82, 2.24) is 10.6 Å². The summed E-state index contributed by atoms with van der Waals surface area (Å²) >= 11 is 0. The monoisotopic (exact) mass is 375 g/mol. The van der Waals surface area contributed by atoms with Crippen LogP contribution in [0.2, 0.25) is 0 Å². The molecule has 1 atom stereocenters. The van der Waals surface area contributed by atoms with E-state index in [0.717, 1.165) is 62.3 Å². The highest BCUT2D eigenvalue weighted by Gasteiger charge is 2.34. The summed E-state index contributed by atoms with van der Waals surface area (Å²) in [6.45, 7) is 6.63. The molecule has 1 aromatic rings. The van der Waals surface area contributed by atoms with Crippen LogP contribution in [0.25, 0.3) is 0 Å². The minimum atomic E-state index is -0.00375. The van der Waals surface area contributed by atoms with Gasteiger partial charge in [0, 0.05) is 37.3 Å². The molecule has 1 saturated heterocycles. The number of aliphatic hydroxyl groups excluding tert-OH is 1. The van der Waals surface area contributed by atoms with E-state index in [-0.39, 0.29) is 12.0 Å². The van der Waals surface area contributed by atoms with Crippen molar-refractivity contribution in [2.75, 3.05) is 39.5 Å². The van der Waals surface area contributed by atoms with Crippen LogP contribution < -0.4 is 15.4 Å². The summed E-state index contributed by atoms with van der Waals surface area (Å²) in [4.78, 5) is 4.75. The molecule has 2 aliphatic rings. The van der Waals surface area contributed by atoms with Gasteiger partial charge in [-0.15, -0.1) is 0 Å². The van der Waals surface area contributed by atoms with Crippen LogP contribution >= 0.6 is 0 Å². The van der Waals surface area contributed by atoms with Gasteiger partial charge in [-0.2, -0.15) is 0 Å². The number of nitrogens with one attached hydrogen (secondary N) is 2. The molecule has 0 amide bonds. The Labute approximate surface area is 162 Å². The summed E-state index contributed by atoms with van der Waals surface area (Å²) < 4.78 is 11.6. The lowest BCUT2D eigenvalue weighted by atomic mass is 9.84. The van der Waals surface area contributed by atoms with Gasteiger partial charge in [0.05, 0.1) is 19.8 Å². The Balaban J connectivity index is 1.59. The standard InChI is InChI=1S/C21H33N3O3/c1-2-22-20(24-15-21(9-11-25)10-12-26-16-21)23-13-18-5-3-4-6-19(18)27-14-17-7-8-17/h3-6,17,25H,2,7-16H2,1H3,(H2,22,23,24). The van der Waals surface area contributed by atoms with Crippen LogP contribution in [0.3, 0.4) is 0 Å². The topological polar surface area (TPSA) is 75.1 Å². The van der Waals surface area contributed by atoms with E-state index < -0.39 is 0 Å². The lowest BCUT2D eigenvalue weighted by molar-refractivity contribution is 0.127. The molecule has 0 radical (unpaired) electrons. The third kappa shape index (κ3) is 6.11. The Morgan fingerprint density at radius 2 is 2.19 bits per heavy atom. The number of aliphatic imine (C=N–C) groups is 1. The maximum absolute atomic E-state index is 9.39. The summed E-state index contributed by atoms with van der Waals surface area (Å²) in [5.41, 5.74) is 1.10. The molecule has 1 aliphatic heterocycles. The fourth-order valence-electron chi connectivity index (χ4n) is 3.36. The first-order chi connectivity index (χ1) is 13.2. The van der Waals surface area contributed by atoms with E-state index in [9.17, 15) is 5.11 Å². The quantitative estimate of drug-likeness (QED) is 0.432. The lowest BCUT2D eigenvalue weighted by Gasteiger charge is -2.27. The number of aliphatic hydroxyl groups is 1. The lowest BCUT2D eigenvalue weighted by Crippen LogP contribution is -2.44. The molecule has 3 N–H and O–H groups in total. The van der Waals surface area contributed by atoms with E-state index in [2.05, 4.69) is 23.6 Å². The Hall–Kier alpha value is -1.79. The Morgan fingerprint density at radius 1 is 1.33 bits per heavy atom. The normalized spacial score (nSPS) is 22.7. The van der Waals surface area contributed by atoms with E-state index in [1.54, 1.807) is 0 Å². The van der Waals surface area contributed by atoms with E-state index in [0.29, 0.717) is 13.2 Å². The van der Waals surface area contributed by atoms with Crippen molar-refractivity contribution in [2.24, 2.45) is 16.3 Å². The molecule has 1 saturated carbocycles. The van der Waals surface area contributed by atoms with E-state index in [4.69, 9.17) is 14.5 Å². The second-order valence-electron chi connectivity index (χ2n) is 7.69. The van der Waals surface area contributed by atoms with Gasteiger partial charge in [-0.1, -0.05) is 18.2 Å². The average molecular weight is 376 g/mol. The number of para-hydroxylation sites is 1. The highest BCUT2D eigenvalue weighted by Crippen LogP contribution is 2.32.